The first-order chi connectivity index (χ1) is 13.3. The molecule has 1 aromatic heterocycles. The first kappa shape index (κ1) is 20.4. The summed E-state index contributed by atoms with van der Waals surface area (Å²) >= 11 is 1.22. The molecule has 10 heteroatoms. The number of benzene rings is 1. The van der Waals surface area contributed by atoms with Gasteiger partial charge in [0.05, 0.1) is 10.6 Å². The number of sulfonamides is 1. The summed E-state index contributed by atoms with van der Waals surface area (Å²) < 4.78 is 32.3. The number of hydrogen-bond donors (Lipinski definition) is 1. The highest BCUT2D eigenvalue weighted by molar-refractivity contribution is 7.89. The molecule has 0 unspecified atom stereocenters. The zero-order valence-electron chi connectivity index (χ0n) is 15.5. The minimum absolute atomic E-state index is 0.0795. The molecule has 2 aromatic rings. The number of anilines is 1. The highest BCUT2D eigenvalue weighted by Crippen LogP contribution is 2.27. The van der Waals surface area contributed by atoms with Gasteiger partial charge in [0.1, 0.15) is 12.6 Å². The van der Waals surface area contributed by atoms with Gasteiger partial charge in [0.2, 0.25) is 15.9 Å². The lowest BCUT2D eigenvalue weighted by atomic mass is 10.2. The maximum Gasteiger partial charge on any atom is 0.324 e. The van der Waals surface area contributed by atoms with E-state index >= 15 is 0 Å². The van der Waals surface area contributed by atoms with Gasteiger partial charge >= 0.3 is 5.97 Å². The number of carbonyl (C=O) groups excluding carboxylic acids is 2. The van der Waals surface area contributed by atoms with E-state index in [2.05, 4.69) is 10.3 Å². The van der Waals surface area contributed by atoms with Crippen LogP contribution in [0.15, 0.2) is 34.5 Å². The Balaban J connectivity index is 1.66. The summed E-state index contributed by atoms with van der Waals surface area (Å²) in [7, 11) is -3.77. The molecule has 150 valence electrons. The van der Waals surface area contributed by atoms with Gasteiger partial charge in [0, 0.05) is 18.8 Å². The summed E-state index contributed by atoms with van der Waals surface area (Å²) in [6.07, 6.45) is 1.01. The average Bonchev–Trinajstić information content (AvgIpc) is 3.29. The predicted molar refractivity (Wildman–Crippen MR) is 104 cm³/mol. The van der Waals surface area contributed by atoms with E-state index in [1.807, 2.05) is 6.92 Å². The number of hydrogen-bond acceptors (Lipinski definition) is 7. The van der Waals surface area contributed by atoms with Gasteiger partial charge in [-0.15, -0.1) is 11.3 Å². The van der Waals surface area contributed by atoms with E-state index in [1.165, 1.54) is 22.6 Å². The van der Waals surface area contributed by atoms with Crippen LogP contribution in [0.4, 0.5) is 5.13 Å². The molecule has 1 aliphatic rings. The normalized spacial score (nSPS) is 17.4. The molecule has 1 aliphatic heterocycles. The average molecular weight is 424 g/mol. The van der Waals surface area contributed by atoms with Crippen molar-refractivity contribution in [2.75, 3.05) is 11.9 Å². The van der Waals surface area contributed by atoms with Crippen molar-refractivity contribution in [2.24, 2.45) is 0 Å². The second-order valence-electron chi connectivity index (χ2n) is 6.52. The number of thiazole rings is 1. The summed E-state index contributed by atoms with van der Waals surface area (Å²) in [6.45, 7) is 3.45. The Bertz CT molecular complexity index is 969. The molecule has 3 rings (SSSR count). The molecule has 0 spiro atoms. The highest BCUT2D eigenvalue weighted by atomic mass is 32.2. The van der Waals surface area contributed by atoms with Crippen LogP contribution < -0.4 is 5.32 Å². The molecule has 8 nitrogen and oxygen atoms in total. The summed E-state index contributed by atoms with van der Waals surface area (Å²) in [6, 6.07) is 5.70. The molecule has 0 saturated carbocycles. The lowest BCUT2D eigenvalue weighted by molar-refractivity contribution is -0.148. The van der Waals surface area contributed by atoms with Crippen molar-refractivity contribution >= 4 is 38.4 Å². The number of carbonyl (C=O) groups is 2. The Labute approximate surface area is 167 Å². The lowest BCUT2D eigenvalue weighted by Crippen LogP contribution is -2.41. The van der Waals surface area contributed by atoms with Gasteiger partial charge in [-0.05, 0) is 31.9 Å². The summed E-state index contributed by atoms with van der Waals surface area (Å²) in [5.74, 6) is -0.830. The Morgan fingerprint density at radius 2 is 2.04 bits per heavy atom. The first-order valence-electron chi connectivity index (χ1n) is 8.74. The van der Waals surface area contributed by atoms with Crippen LogP contribution in [0.25, 0.3) is 0 Å². The molecule has 1 atom stereocenters. The monoisotopic (exact) mass is 423 g/mol. The maximum atomic E-state index is 12.9. The number of amides is 1. The molecule has 1 aromatic carbocycles. The van der Waals surface area contributed by atoms with Gasteiger partial charge in [0.25, 0.3) is 0 Å². The minimum Gasteiger partial charge on any atom is -0.458 e. The van der Waals surface area contributed by atoms with E-state index in [9.17, 15) is 18.0 Å². The number of esters is 1. The van der Waals surface area contributed by atoms with E-state index in [-0.39, 0.29) is 24.0 Å². The van der Waals surface area contributed by atoms with Crippen LogP contribution in [0, 0.1) is 6.92 Å². The Hall–Kier alpha value is -2.30. The third kappa shape index (κ3) is 4.57. The molecule has 1 amide bonds. The van der Waals surface area contributed by atoms with Crippen molar-refractivity contribution in [1.82, 2.24) is 9.29 Å². The van der Waals surface area contributed by atoms with Crippen molar-refractivity contribution in [3.63, 3.8) is 0 Å². The topological polar surface area (TPSA) is 106 Å². The summed E-state index contributed by atoms with van der Waals surface area (Å²) in [4.78, 5) is 27.9. The highest BCUT2D eigenvalue weighted by Gasteiger charge is 2.40. The molecule has 0 radical (unpaired) electrons. The number of nitrogens with zero attached hydrogens (tertiary/aromatic N) is 2. The number of aromatic nitrogens is 1. The SMILES string of the molecule is CC(=O)Nc1nc(COC(=O)[C@@H]2CCCN2S(=O)(=O)c2ccc(C)cc2)cs1. The van der Waals surface area contributed by atoms with Gasteiger partial charge in [0.15, 0.2) is 5.13 Å². The molecule has 1 fully saturated rings. The van der Waals surface area contributed by atoms with Gasteiger partial charge in [-0.3, -0.25) is 9.59 Å². The fourth-order valence-corrected chi connectivity index (χ4v) is 5.32. The molecular weight excluding hydrogens is 402 g/mol. The van der Waals surface area contributed by atoms with Crippen LogP contribution in [0.5, 0.6) is 0 Å². The third-order valence-corrected chi connectivity index (χ3v) is 7.03. The molecule has 1 N–H and O–H groups in total. The fraction of sp³-hybridized carbons (Fsp3) is 0.389. The zero-order chi connectivity index (χ0) is 20.3. The smallest absolute Gasteiger partial charge is 0.324 e. The van der Waals surface area contributed by atoms with Crippen LogP contribution in [-0.4, -0.2) is 42.2 Å². The third-order valence-electron chi connectivity index (χ3n) is 4.30. The van der Waals surface area contributed by atoms with Gasteiger partial charge in [-0.25, -0.2) is 13.4 Å². The molecule has 2 heterocycles. The number of nitrogens with one attached hydrogen (secondary N) is 1. The number of rotatable bonds is 6. The maximum absolute atomic E-state index is 12.9. The van der Waals surface area contributed by atoms with E-state index in [0.29, 0.717) is 23.7 Å². The van der Waals surface area contributed by atoms with Crippen molar-refractivity contribution in [3.05, 3.63) is 40.9 Å². The van der Waals surface area contributed by atoms with Crippen LogP contribution in [0.2, 0.25) is 0 Å². The van der Waals surface area contributed by atoms with Crippen LogP contribution >= 0.6 is 11.3 Å². The second kappa shape index (κ2) is 8.38. The lowest BCUT2D eigenvalue weighted by Gasteiger charge is -2.22. The standard InChI is InChI=1S/C18H21N3O5S2/c1-12-5-7-15(8-6-12)28(24,25)21-9-3-4-16(21)17(23)26-10-14-11-27-18(20-14)19-13(2)22/h5-8,11,16H,3-4,9-10H2,1-2H3,(H,19,20,22)/t16-/m0/s1. The molecule has 0 bridgehead atoms. The summed E-state index contributed by atoms with van der Waals surface area (Å²) in [5.41, 5.74) is 1.45. The van der Waals surface area contributed by atoms with E-state index in [4.69, 9.17) is 4.74 Å². The summed E-state index contributed by atoms with van der Waals surface area (Å²) in [5, 5.41) is 4.65. The Morgan fingerprint density at radius 1 is 1.32 bits per heavy atom. The van der Waals surface area contributed by atoms with Crippen molar-refractivity contribution < 1.29 is 22.7 Å². The number of ether oxygens (including phenoxy) is 1. The fourth-order valence-electron chi connectivity index (χ4n) is 2.93. The molecule has 1 saturated heterocycles. The van der Waals surface area contributed by atoms with Crippen molar-refractivity contribution in [2.45, 2.75) is 44.2 Å². The second-order valence-corrected chi connectivity index (χ2v) is 9.27. The molecule has 0 aliphatic carbocycles. The minimum atomic E-state index is -3.77. The van der Waals surface area contributed by atoms with Crippen LogP contribution in [0.3, 0.4) is 0 Å². The van der Waals surface area contributed by atoms with Crippen LogP contribution in [-0.2, 0) is 31.0 Å². The van der Waals surface area contributed by atoms with E-state index in [0.717, 1.165) is 5.56 Å². The first-order valence-corrected chi connectivity index (χ1v) is 11.1. The quantitative estimate of drug-likeness (QED) is 0.715. The van der Waals surface area contributed by atoms with Crippen molar-refractivity contribution in [3.8, 4) is 0 Å². The van der Waals surface area contributed by atoms with E-state index < -0.39 is 22.0 Å². The van der Waals surface area contributed by atoms with Crippen LogP contribution in [0.1, 0.15) is 31.0 Å². The molecule has 28 heavy (non-hydrogen) atoms. The van der Waals surface area contributed by atoms with Crippen molar-refractivity contribution in [1.29, 1.82) is 0 Å². The predicted octanol–water partition coefficient (Wildman–Crippen LogP) is 2.31. The Kier molecular flexibility index (Phi) is 6.11. The molecular formula is C18H21N3O5S2. The van der Waals surface area contributed by atoms with Gasteiger partial charge in [-0.1, -0.05) is 17.7 Å². The van der Waals surface area contributed by atoms with Gasteiger partial charge < -0.3 is 10.1 Å². The number of aryl methyl sites for hydroxylation is 1. The largest absolute Gasteiger partial charge is 0.458 e. The van der Waals surface area contributed by atoms with Gasteiger partial charge in [-0.2, -0.15) is 4.31 Å². The Morgan fingerprint density at radius 3 is 2.71 bits per heavy atom. The van der Waals surface area contributed by atoms with E-state index in [1.54, 1.807) is 29.6 Å². The zero-order valence-corrected chi connectivity index (χ0v) is 17.2.